The van der Waals surface area contributed by atoms with Gasteiger partial charge < -0.3 is 28.1 Å². The quantitative estimate of drug-likeness (QED) is 0.159. The summed E-state index contributed by atoms with van der Waals surface area (Å²) >= 11 is 0. The van der Waals surface area contributed by atoms with Crippen LogP contribution >= 0.6 is 0 Å². The summed E-state index contributed by atoms with van der Waals surface area (Å²) in [5, 5.41) is 0. The second-order valence-corrected chi connectivity index (χ2v) is 12.0. The lowest BCUT2D eigenvalue weighted by atomic mass is 10.2. The molecule has 0 atom stereocenters. The van der Waals surface area contributed by atoms with Crippen LogP contribution in [0.3, 0.4) is 0 Å². The summed E-state index contributed by atoms with van der Waals surface area (Å²) < 4.78 is 32.4. The molecule has 0 saturated carbocycles. The van der Waals surface area contributed by atoms with Crippen molar-refractivity contribution in [1.29, 1.82) is 0 Å². The summed E-state index contributed by atoms with van der Waals surface area (Å²) in [7, 11) is -1.44. The number of unbranched alkanes of at least 4 members (excludes halogenated alkanes) is 3. The first-order valence-electron chi connectivity index (χ1n) is 10.6. The number of carbonyl (C=O) groups excluding carboxylic acids is 1. The molecule has 0 N–H and O–H groups in total. The first-order valence-corrected chi connectivity index (χ1v) is 14.0. The molecule has 0 spiro atoms. The van der Waals surface area contributed by atoms with Crippen LogP contribution in [0.2, 0.25) is 19.6 Å². The summed E-state index contributed by atoms with van der Waals surface area (Å²) in [5.74, 6) is -0.138. The van der Waals surface area contributed by atoms with Gasteiger partial charge in [-0.05, 0) is 26.1 Å². The largest absolute Gasteiger partial charge is 0.463 e. The summed E-state index contributed by atoms with van der Waals surface area (Å²) in [6, 6.07) is 0. The van der Waals surface area contributed by atoms with Crippen LogP contribution in [-0.4, -0.2) is 80.4 Å². The molecule has 0 aromatic rings. The molecule has 0 radical (unpaired) electrons. The zero-order valence-electron chi connectivity index (χ0n) is 18.5. The van der Waals surface area contributed by atoms with Crippen molar-refractivity contribution in [1.82, 2.24) is 0 Å². The lowest BCUT2D eigenvalue weighted by Gasteiger charge is -2.16. The van der Waals surface area contributed by atoms with Crippen molar-refractivity contribution in [2.24, 2.45) is 0 Å². The zero-order chi connectivity index (χ0) is 20.9. The number of rotatable bonds is 21. The smallest absolute Gasteiger partial charge is 0.305 e. The van der Waals surface area contributed by atoms with E-state index >= 15 is 0 Å². The van der Waals surface area contributed by atoms with Crippen molar-refractivity contribution in [3.05, 3.63) is 0 Å². The Morgan fingerprint density at radius 3 is 1.57 bits per heavy atom. The van der Waals surface area contributed by atoms with Crippen molar-refractivity contribution in [2.75, 3.05) is 66.1 Å². The van der Waals surface area contributed by atoms with Gasteiger partial charge in [-0.1, -0.05) is 26.2 Å². The van der Waals surface area contributed by atoms with Crippen LogP contribution in [0.25, 0.3) is 0 Å². The molecule has 0 heterocycles. The Hall–Kier alpha value is -0.513. The normalized spacial score (nSPS) is 11.7. The van der Waals surface area contributed by atoms with Crippen LogP contribution in [-0.2, 0) is 32.9 Å². The predicted molar refractivity (Wildman–Crippen MR) is 112 cm³/mol. The number of carbonyl (C=O) groups is 1. The second kappa shape index (κ2) is 19.8. The molecule has 0 aromatic heterocycles. The van der Waals surface area contributed by atoms with E-state index in [4.69, 9.17) is 28.1 Å². The molecule has 0 fully saturated rings. The zero-order valence-corrected chi connectivity index (χ0v) is 19.5. The Morgan fingerprint density at radius 1 is 0.643 bits per heavy atom. The Bertz CT molecular complexity index is 348. The standard InChI is InChI=1S/C20H42O7Si/c1-5-6-7-8-9-20(21)26-18-16-24-14-12-22-10-11-23-13-15-25-17-19-27-28(2,3)4/h5-19H2,1-4H3. The molecular weight excluding hydrogens is 380 g/mol. The van der Waals surface area contributed by atoms with Gasteiger partial charge in [0.1, 0.15) is 6.61 Å². The Kier molecular flexibility index (Phi) is 19.4. The van der Waals surface area contributed by atoms with Crippen molar-refractivity contribution in [2.45, 2.75) is 58.7 Å². The molecule has 0 aliphatic heterocycles. The fourth-order valence-corrected chi connectivity index (χ4v) is 2.85. The van der Waals surface area contributed by atoms with Gasteiger partial charge in [-0.2, -0.15) is 0 Å². The van der Waals surface area contributed by atoms with E-state index in [9.17, 15) is 4.79 Å². The van der Waals surface area contributed by atoms with Crippen molar-refractivity contribution < 1.29 is 32.9 Å². The van der Waals surface area contributed by atoms with E-state index in [1.165, 1.54) is 12.8 Å². The summed E-state index contributed by atoms with van der Waals surface area (Å²) in [4.78, 5) is 11.4. The van der Waals surface area contributed by atoms with Gasteiger partial charge in [-0.3, -0.25) is 4.79 Å². The van der Waals surface area contributed by atoms with E-state index in [1.807, 2.05) is 0 Å². The van der Waals surface area contributed by atoms with Crippen molar-refractivity contribution >= 4 is 14.3 Å². The number of hydrogen-bond acceptors (Lipinski definition) is 7. The van der Waals surface area contributed by atoms with Crippen LogP contribution in [0, 0.1) is 0 Å². The van der Waals surface area contributed by atoms with Crippen LogP contribution in [0.15, 0.2) is 0 Å². The first kappa shape index (κ1) is 27.5. The van der Waals surface area contributed by atoms with Gasteiger partial charge in [0.2, 0.25) is 0 Å². The molecule has 0 rings (SSSR count). The van der Waals surface area contributed by atoms with Gasteiger partial charge in [0.15, 0.2) is 8.32 Å². The lowest BCUT2D eigenvalue weighted by Crippen LogP contribution is -2.27. The van der Waals surface area contributed by atoms with Gasteiger partial charge in [0, 0.05) is 6.42 Å². The van der Waals surface area contributed by atoms with Crippen LogP contribution < -0.4 is 0 Å². The van der Waals surface area contributed by atoms with Crippen molar-refractivity contribution in [3.8, 4) is 0 Å². The van der Waals surface area contributed by atoms with E-state index in [2.05, 4.69) is 26.6 Å². The maximum Gasteiger partial charge on any atom is 0.305 e. The molecule has 0 saturated heterocycles. The van der Waals surface area contributed by atoms with Gasteiger partial charge in [0.05, 0.1) is 59.5 Å². The molecule has 0 aliphatic carbocycles. The maximum atomic E-state index is 11.4. The third-order valence-corrected chi connectivity index (χ3v) is 4.67. The molecule has 0 amide bonds. The highest BCUT2D eigenvalue weighted by Gasteiger charge is 2.12. The maximum absolute atomic E-state index is 11.4. The lowest BCUT2D eigenvalue weighted by molar-refractivity contribution is -0.145. The molecule has 0 aromatic carbocycles. The highest BCUT2D eigenvalue weighted by molar-refractivity contribution is 6.69. The molecule has 28 heavy (non-hydrogen) atoms. The minimum atomic E-state index is -1.44. The molecule has 0 unspecified atom stereocenters. The molecular formula is C20H42O7Si. The fourth-order valence-electron chi connectivity index (χ4n) is 2.15. The van der Waals surface area contributed by atoms with Crippen LogP contribution in [0.5, 0.6) is 0 Å². The minimum Gasteiger partial charge on any atom is -0.463 e. The summed E-state index contributed by atoms with van der Waals surface area (Å²) in [6.07, 6.45) is 4.83. The van der Waals surface area contributed by atoms with Crippen LogP contribution in [0.1, 0.15) is 39.0 Å². The highest BCUT2D eigenvalue weighted by Crippen LogP contribution is 2.03. The number of ether oxygens (including phenoxy) is 5. The molecule has 0 bridgehead atoms. The first-order chi connectivity index (χ1) is 13.5. The van der Waals surface area contributed by atoms with E-state index in [1.54, 1.807) is 0 Å². The van der Waals surface area contributed by atoms with Crippen molar-refractivity contribution in [3.63, 3.8) is 0 Å². The van der Waals surface area contributed by atoms with E-state index in [0.29, 0.717) is 72.5 Å². The fraction of sp³-hybridized carbons (Fsp3) is 0.950. The van der Waals surface area contributed by atoms with E-state index in [-0.39, 0.29) is 5.97 Å². The van der Waals surface area contributed by atoms with Crippen LogP contribution in [0.4, 0.5) is 0 Å². The molecule has 7 nitrogen and oxygen atoms in total. The Labute approximate surface area is 172 Å². The number of hydrogen-bond donors (Lipinski definition) is 0. The monoisotopic (exact) mass is 422 g/mol. The minimum absolute atomic E-state index is 0.138. The third-order valence-electron chi connectivity index (χ3n) is 3.60. The van der Waals surface area contributed by atoms with E-state index in [0.717, 1.165) is 12.8 Å². The topological polar surface area (TPSA) is 72.5 Å². The molecule has 8 heteroatoms. The van der Waals surface area contributed by atoms with E-state index < -0.39 is 8.32 Å². The molecule has 168 valence electrons. The Balaban J connectivity index is 3.13. The van der Waals surface area contributed by atoms with Gasteiger partial charge in [-0.15, -0.1) is 0 Å². The average molecular weight is 423 g/mol. The predicted octanol–water partition coefficient (Wildman–Crippen LogP) is 3.42. The third kappa shape index (κ3) is 23.5. The summed E-state index contributed by atoms with van der Waals surface area (Å²) in [5.41, 5.74) is 0. The Morgan fingerprint density at radius 2 is 1.11 bits per heavy atom. The number of esters is 1. The second-order valence-electron chi connectivity index (χ2n) is 7.44. The average Bonchev–Trinajstić information content (AvgIpc) is 2.64. The highest BCUT2D eigenvalue weighted by atomic mass is 28.4. The van der Waals surface area contributed by atoms with Gasteiger partial charge in [-0.25, -0.2) is 0 Å². The van der Waals surface area contributed by atoms with Gasteiger partial charge in [0.25, 0.3) is 0 Å². The molecule has 0 aliphatic rings. The SMILES string of the molecule is CCCCCCC(=O)OCCOCCOCCOCCOCCO[Si](C)(C)C. The van der Waals surface area contributed by atoms with Gasteiger partial charge >= 0.3 is 5.97 Å². The summed E-state index contributed by atoms with van der Waals surface area (Å²) in [6.45, 7) is 13.7.